The molecule has 0 saturated carbocycles. The Balaban J connectivity index is 1.66. The number of aromatic nitrogens is 1. The highest BCUT2D eigenvalue weighted by Crippen LogP contribution is 2.19. The van der Waals surface area contributed by atoms with Crippen LogP contribution in [-0.2, 0) is 13.0 Å². The summed E-state index contributed by atoms with van der Waals surface area (Å²) in [6.07, 6.45) is 6.50. The Hall–Kier alpha value is -1.92. The Labute approximate surface area is 160 Å². The maximum atomic E-state index is 13.1. The number of amides is 2. The van der Waals surface area contributed by atoms with E-state index in [0.29, 0.717) is 6.54 Å². The van der Waals surface area contributed by atoms with Crippen LogP contribution in [0.15, 0.2) is 42.0 Å². The number of hydrogen-bond donors (Lipinski definition) is 1. The van der Waals surface area contributed by atoms with E-state index < -0.39 is 0 Å². The maximum Gasteiger partial charge on any atom is 0.318 e. The molecule has 0 bridgehead atoms. The number of thiophene rings is 1. The van der Waals surface area contributed by atoms with Gasteiger partial charge in [-0.15, -0.1) is 11.3 Å². The molecule has 2 amide bonds. The van der Waals surface area contributed by atoms with E-state index in [0.717, 1.165) is 37.9 Å². The molecule has 1 aliphatic rings. The number of nitrogens with one attached hydrogen (secondary N) is 1. The lowest BCUT2D eigenvalue weighted by Gasteiger charge is -2.38. The monoisotopic (exact) mass is 372 g/mol. The molecule has 0 radical (unpaired) electrons. The van der Waals surface area contributed by atoms with Gasteiger partial charge in [-0.3, -0.25) is 4.98 Å². The van der Waals surface area contributed by atoms with Gasteiger partial charge >= 0.3 is 6.03 Å². The zero-order chi connectivity index (χ0) is 18.4. The zero-order valence-corrected chi connectivity index (χ0v) is 16.4. The van der Waals surface area contributed by atoms with Crippen molar-refractivity contribution in [3.63, 3.8) is 0 Å². The first-order chi connectivity index (χ1) is 12.6. The van der Waals surface area contributed by atoms with Gasteiger partial charge in [-0.05, 0) is 69.0 Å². The van der Waals surface area contributed by atoms with E-state index in [1.807, 2.05) is 17.0 Å². The zero-order valence-electron chi connectivity index (χ0n) is 15.6. The number of piperidine rings is 1. The van der Waals surface area contributed by atoms with E-state index in [9.17, 15) is 4.79 Å². The fourth-order valence-corrected chi connectivity index (χ4v) is 4.27. The highest BCUT2D eigenvalue weighted by Gasteiger charge is 2.27. The van der Waals surface area contributed by atoms with Crippen molar-refractivity contribution in [2.75, 3.05) is 20.1 Å². The summed E-state index contributed by atoms with van der Waals surface area (Å²) < 4.78 is 0. The lowest BCUT2D eigenvalue weighted by atomic mass is 10.0. The number of likely N-dealkylation sites (tertiary alicyclic amines) is 1. The molecule has 26 heavy (non-hydrogen) atoms. The van der Waals surface area contributed by atoms with E-state index in [4.69, 9.17) is 0 Å². The summed E-state index contributed by atoms with van der Waals surface area (Å²) in [5, 5.41) is 5.29. The normalized spacial score (nSPS) is 17.0. The van der Waals surface area contributed by atoms with Gasteiger partial charge in [-0.2, -0.15) is 0 Å². The fraction of sp³-hybridized carbons (Fsp3) is 0.500. The Morgan fingerprint density at radius 3 is 2.73 bits per heavy atom. The van der Waals surface area contributed by atoms with Gasteiger partial charge in [-0.25, -0.2) is 4.79 Å². The van der Waals surface area contributed by atoms with Gasteiger partial charge in [0.25, 0.3) is 0 Å². The predicted octanol–water partition coefficient (Wildman–Crippen LogP) is 3.38. The van der Waals surface area contributed by atoms with Crippen LogP contribution >= 0.6 is 11.3 Å². The van der Waals surface area contributed by atoms with E-state index in [-0.39, 0.29) is 18.1 Å². The summed E-state index contributed by atoms with van der Waals surface area (Å²) in [5.74, 6) is 0. The average Bonchev–Trinajstić information content (AvgIpc) is 3.14. The van der Waals surface area contributed by atoms with Gasteiger partial charge in [0, 0.05) is 42.3 Å². The number of hydrogen-bond acceptors (Lipinski definition) is 4. The van der Waals surface area contributed by atoms with E-state index in [1.165, 1.54) is 4.88 Å². The smallest absolute Gasteiger partial charge is 0.318 e. The summed E-state index contributed by atoms with van der Waals surface area (Å²) in [5.41, 5.74) is 1.12. The number of nitrogens with zero attached hydrogens (tertiary/aromatic N) is 3. The summed E-state index contributed by atoms with van der Waals surface area (Å²) in [4.78, 5) is 22.8. The Bertz CT molecular complexity index is 668. The largest absolute Gasteiger partial charge is 0.335 e. The topological polar surface area (TPSA) is 48.5 Å². The molecule has 3 heterocycles. The molecular weight excluding hydrogens is 344 g/mol. The minimum absolute atomic E-state index is 0.0421. The lowest BCUT2D eigenvalue weighted by molar-refractivity contribution is 0.125. The van der Waals surface area contributed by atoms with E-state index in [2.05, 4.69) is 46.7 Å². The quantitative estimate of drug-likeness (QED) is 0.846. The van der Waals surface area contributed by atoms with Crippen LogP contribution < -0.4 is 5.32 Å². The Kier molecular flexibility index (Phi) is 6.63. The summed E-state index contributed by atoms with van der Waals surface area (Å²) in [6.45, 7) is 4.79. The molecule has 6 heteroatoms. The fourth-order valence-electron chi connectivity index (χ4n) is 3.43. The molecule has 3 rings (SSSR count). The number of pyridine rings is 1. The molecule has 2 aromatic rings. The van der Waals surface area contributed by atoms with Gasteiger partial charge in [0.05, 0.1) is 0 Å². The predicted molar refractivity (Wildman–Crippen MR) is 106 cm³/mol. The molecular formula is C20H28N4OS. The second kappa shape index (κ2) is 9.14. The molecule has 0 aliphatic carbocycles. The summed E-state index contributed by atoms with van der Waals surface area (Å²) in [6, 6.07) is 8.61. The van der Waals surface area contributed by atoms with Crippen molar-refractivity contribution < 1.29 is 4.79 Å². The van der Waals surface area contributed by atoms with Crippen molar-refractivity contribution in [2.45, 2.75) is 44.8 Å². The highest BCUT2D eigenvalue weighted by atomic mass is 32.1. The standard InChI is InChI=1S/C20H28N4OS/c1-16(14-19-4-3-13-26-19)22-20(25)24(15-17-5-9-21-10-6-17)18-7-11-23(2)12-8-18/h3-6,9-10,13,16,18H,7-8,11-12,14-15H2,1-2H3,(H,22,25)/t16-/m0/s1. The number of rotatable bonds is 6. The number of urea groups is 1. The van der Waals surface area contributed by atoms with Crippen molar-refractivity contribution in [3.05, 3.63) is 52.5 Å². The Morgan fingerprint density at radius 1 is 1.35 bits per heavy atom. The van der Waals surface area contributed by atoms with E-state index in [1.54, 1.807) is 23.7 Å². The molecule has 0 aromatic carbocycles. The van der Waals surface area contributed by atoms with Crippen LogP contribution in [-0.4, -0.2) is 53.0 Å². The maximum absolute atomic E-state index is 13.1. The first-order valence-corrected chi connectivity index (χ1v) is 10.2. The number of carbonyl (C=O) groups is 1. The molecule has 0 spiro atoms. The lowest BCUT2D eigenvalue weighted by Crippen LogP contribution is -2.51. The van der Waals surface area contributed by atoms with Gasteiger partial charge < -0.3 is 15.1 Å². The van der Waals surface area contributed by atoms with Gasteiger partial charge in [0.1, 0.15) is 0 Å². The molecule has 2 aromatic heterocycles. The van der Waals surface area contributed by atoms with Crippen LogP contribution in [0.2, 0.25) is 0 Å². The first kappa shape index (κ1) is 18.9. The average molecular weight is 373 g/mol. The first-order valence-electron chi connectivity index (χ1n) is 9.29. The second-order valence-electron chi connectivity index (χ2n) is 7.15. The van der Waals surface area contributed by atoms with Gasteiger partial charge in [0.2, 0.25) is 0 Å². The van der Waals surface area contributed by atoms with E-state index >= 15 is 0 Å². The molecule has 1 aliphatic heterocycles. The van der Waals surface area contributed by atoms with Crippen molar-refractivity contribution >= 4 is 17.4 Å². The van der Waals surface area contributed by atoms with Crippen molar-refractivity contribution in [2.24, 2.45) is 0 Å². The minimum atomic E-state index is 0.0421. The number of carbonyl (C=O) groups excluding carboxylic acids is 1. The second-order valence-corrected chi connectivity index (χ2v) is 8.18. The van der Waals surface area contributed by atoms with Crippen LogP contribution in [0.4, 0.5) is 4.79 Å². The molecule has 5 nitrogen and oxygen atoms in total. The third-order valence-electron chi connectivity index (χ3n) is 4.95. The van der Waals surface area contributed by atoms with Crippen molar-refractivity contribution in [3.8, 4) is 0 Å². The van der Waals surface area contributed by atoms with Crippen LogP contribution in [0.25, 0.3) is 0 Å². The SMILES string of the molecule is C[C@@H](Cc1cccs1)NC(=O)N(Cc1ccncc1)C1CCN(C)CC1. The van der Waals surface area contributed by atoms with Crippen LogP contribution in [0, 0.1) is 0 Å². The van der Waals surface area contributed by atoms with Crippen LogP contribution in [0.3, 0.4) is 0 Å². The van der Waals surface area contributed by atoms with Gasteiger partial charge in [0.15, 0.2) is 0 Å². The molecule has 1 N–H and O–H groups in total. The third-order valence-corrected chi connectivity index (χ3v) is 5.85. The summed E-state index contributed by atoms with van der Waals surface area (Å²) >= 11 is 1.74. The van der Waals surface area contributed by atoms with Crippen LogP contribution in [0.5, 0.6) is 0 Å². The van der Waals surface area contributed by atoms with Crippen molar-refractivity contribution in [1.29, 1.82) is 0 Å². The molecule has 1 fully saturated rings. The molecule has 140 valence electrons. The van der Waals surface area contributed by atoms with Gasteiger partial charge in [-0.1, -0.05) is 6.07 Å². The molecule has 0 unspecified atom stereocenters. The Morgan fingerprint density at radius 2 is 2.08 bits per heavy atom. The van der Waals surface area contributed by atoms with Crippen molar-refractivity contribution in [1.82, 2.24) is 20.1 Å². The molecule has 1 atom stereocenters. The van der Waals surface area contributed by atoms with Crippen LogP contribution in [0.1, 0.15) is 30.2 Å². The third kappa shape index (κ3) is 5.29. The summed E-state index contributed by atoms with van der Waals surface area (Å²) in [7, 11) is 2.15. The highest BCUT2D eigenvalue weighted by molar-refractivity contribution is 7.09. The minimum Gasteiger partial charge on any atom is -0.335 e. The molecule has 1 saturated heterocycles.